The van der Waals surface area contributed by atoms with Gasteiger partial charge in [-0.2, -0.15) is 0 Å². The topological polar surface area (TPSA) is 46.5 Å². The minimum atomic E-state index is -0.906. The zero-order valence-corrected chi connectivity index (χ0v) is 13.5. The van der Waals surface area contributed by atoms with E-state index in [1.54, 1.807) is 24.3 Å². The van der Waals surface area contributed by atoms with Crippen LogP contribution in [-0.2, 0) is 0 Å². The van der Waals surface area contributed by atoms with Crippen LogP contribution in [0.1, 0.15) is 63.2 Å². The van der Waals surface area contributed by atoms with Crippen molar-refractivity contribution in [3.63, 3.8) is 0 Å². The summed E-state index contributed by atoms with van der Waals surface area (Å²) >= 11 is 0. The van der Waals surface area contributed by atoms with Crippen LogP contribution in [-0.4, -0.2) is 17.7 Å². The van der Waals surface area contributed by atoms with Crippen molar-refractivity contribution in [1.29, 1.82) is 0 Å². The molecule has 1 atom stereocenters. The number of hydrogen-bond donors (Lipinski definition) is 1. The van der Waals surface area contributed by atoms with Crippen LogP contribution >= 0.6 is 0 Å². The molecule has 0 bridgehead atoms. The summed E-state index contributed by atoms with van der Waals surface area (Å²) in [5, 5.41) is 8.82. The fourth-order valence-corrected chi connectivity index (χ4v) is 2.26. The van der Waals surface area contributed by atoms with Gasteiger partial charge in [0, 0.05) is 0 Å². The van der Waals surface area contributed by atoms with Crippen molar-refractivity contribution in [1.82, 2.24) is 0 Å². The maximum Gasteiger partial charge on any atom is 0.335 e. The van der Waals surface area contributed by atoms with Gasteiger partial charge in [-0.05, 0) is 42.5 Å². The Morgan fingerprint density at radius 3 is 2.24 bits per heavy atom. The van der Waals surface area contributed by atoms with Crippen molar-refractivity contribution < 1.29 is 14.6 Å². The van der Waals surface area contributed by atoms with Gasteiger partial charge in [-0.25, -0.2) is 4.79 Å². The van der Waals surface area contributed by atoms with Gasteiger partial charge in [0.1, 0.15) is 5.75 Å². The molecular formula is C18H28O3. The highest BCUT2D eigenvalue weighted by atomic mass is 16.5. The first-order chi connectivity index (χ1) is 9.99. The first kappa shape index (κ1) is 17.5. The number of hydrogen-bond acceptors (Lipinski definition) is 2. The summed E-state index contributed by atoms with van der Waals surface area (Å²) in [6.45, 7) is 7.50. The van der Waals surface area contributed by atoms with Gasteiger partial charge in [-0.3, -0.25) is 0 Å². The molecule has 0 aliphatic rings. The maximum atomic E-state index is 10.7. The molecular weight excluding hydrogens is 264 g/mol. The predicted molar refractivity (Wildman–Crippen MR) is 86.0 cm³/mol. The van der Waals surface area contributed by atoms with E-state index in [1.165, 1.54) is 25.7 Å². The van der Waals surface area contributed by atoms with E-state index in [9.17, 15) is 4.79 Å². The molecule has 0 radical (unpaired) electrons. The smallest absolute Gasteiger partial charge is 0.335 e. The number of benzene rings is 1. The van der Waals surface area contributed by atoms with E-state index in [1.807, 2.05) is 0 Å². The van der Waals surface area contributed by atoms with E-state index in [-0.39, 0.29) is 0 Å². The lowest BCUT2D eigenvalue weighted by Crippen LogP contribution is -2.05. The van der Waals surface area contributed by atoms with Gasteiger partial charge in [0.05, 0.1) is 12.2 Å². The van der Waals surface area contributed by atoms with Crippen LogP contribution in [0.2, 0.25) is 0 Å². The molecule has 0 aliphatic heterocycles. The molecule has 3 heteroatoms. The molecule has 3 nitrogen and oxygen atoms in total. The second-order valence-corrected chi connectivity index (χ2v) is 6.25. The highest BCUT2D eigenvalue weighted by Crippen LogP contribution is 2.17. The molecule has 1 aromatic carbocycles. The Morgan fingerprint density at radius 1 is 1.05 bits per heavy atom. The van der Waals surface area contributed by atoms with Crippen molar-refractivity contribution >= 4 is 5.97 Å². The molecule has 118 valence electrons. The monoisotopic (exact) mass is 292 g/mol. The highest BCUT2D eigenvalue weighted by molar-refractivity contribution is 5.87. The van der Waals surface area contributed by atoms with Gasteiger partial charge in [-0.1, -0.05) is 46.5 Å². The van der Waals surface area contributed by atoms with Crippen LogP contribution in [0.5, 0.6) is 5.75 Å². The molecule has 1 aromatic rings. The normalized spacial score (nSPS) is 12.4. The van der Waals surface area contributed by atoms with Gasteiger partial charge >= 0.3 is 5.97 Å². The van der Waals surface area contributed by atoms with Crippen LogP contribution < -0.4 is 4.74 Å². The molecule has 1 rings (SSSR count). The number of carbonyl (C=O) groups is 1. The van der Waals surface area contributed by atoms with Crippen LogP contribution in [0.15, 0.2) is 24.3 Å². The van der Waals surface area contributed by atoms with Crippen LogP contribution in [0.4, 0.5) is 0 Å². The van der Waals surface area contributed by atoms with E-state index in [2.05, 4.69) is 20.8 Å². The third-order valence-electron chi connectivity index (χ3n) is 3.71. The second-order valence-electron chi connectivity index (χ2n) is 6.25. The minimum Gasteiger partial charge on any atom is -0.494 e. The van der Waals surface area contributed by atoms with Crippen molar-refractivity contribution in [2.75, 3.05) is 6.61 Å². The maximum absolute atomic E-state index is 10.7. The third kappa shape index (κ3) is 7.74. The van der Waals surface area contributed by atoms with E-state index in [0.29, 0.717) is 18.1 Å². The van der Waals surface area contributed by atoms with E-state index < -0.39 is 5.97 Å². The Morgan fingerprint density at radius 2 is 1.67 bits per heavy atom. The summed E-state index contributed by atoms with van der Waals surface area (Å²) in [7, 11) is 0. The molecule has 1 unspecified atom stereocenters. The summed E-state index contributed by atoms with van der Waals surface area (Å²) < 4.78 is 5.66. The zero-order chi connectivity index (χ0) is 15.7. The Labute approximate surface area is 128 Å². The Kier molecular flexibility index (Phi) is 7.88. The predicted octanol–water partition coefficient (Wildman–Crippen LogP) is 5.01. The van der Waals surface area contributed by atoms with Gasteiger partial charge in [0.2, 0.25) is 0 Å². The Bertz CT molecular complexity index is 409. The summed E-state index contributed by atoms with van der Waals surface area (Å²) in [5.74, 6) is 1.32. The van der Waals surface area contributed by atoms with Crippen molar-refractivity contribution in [3.05, 3.63) is 29.8 Å². The molecule has 0 spiro atoms. The lowest BCUT2D eigenvalue weighted by Gasteiger charge is -2.13. The third-order valence-corrected chi connectivity index (χ3v) is 3.71. The summed E-state index contributed by atoms with van der Waals surface area (Å²) in [5.41, 5.74) is 0.292. The summed E-state index contributed by atoms with van der Waals surface area (Å²) in [6.07, 6.45) is 6.24. The van der Waals surface area contributed by atoms with E-state index in [4.69, 9.17) is 9.84 Å². The largest absolute Gasteiger partial charge is 0.494 e. The van der Waals surface area contributed by atoms with Crippen molar-refractivity contribution in [2.45, 2.75) is 52.9 Å². The lowest BCUT2D eigenvalue weighted by molar-refractivity contribution is 0.0697. The summed E-state index contributed by atoms with van der Waals surface area (Å²) in [6, 6.07) is 6.59. The van der Waals surface area contributed by atoms with E-state index in [0.717, 1.165) is 18.1 Å². The fourth-order valence-electron chi connectivity index (χ4n) is 2.26. The minimum absolute atomic E-state index is 0.292. The molecule has 0 amide bonds. The van der Waals surface area contributed by atoms with Gasteiger partial charge in [0.25, 0.3) is 0 Å². The Hall–Kier alpha value is -1.51. The van der Waals surface area contributed by atoms with Crippen LogP contribution in [0.3, 0.4) is 0 Å². The quantitative estimate of drug-likeness (QED) is 0.617. The number of unbranched alkanes of at least 4 members (excludes halogenated alkanes) is 1. The molecule has 0 fully saturated rings. The van der Waals surface area contributed by atoms with Gasteiger partial charge in [-0.15, -0.1) is 0 Å². The van der Waals surface area contributed by atoms with Gasteiger partial charge < -0.3 is 9.84 Å². The molecule has 0 saturated heterocycles. The average molecular weight is 292 g/mol. The van der Waals surface area contributed by atoms with Crippen LogP contribution in [0.25, 0.3) is 0 Å². The molecule has 21 heavy (non-hydrogen) atoms. The highest BCUT2D eigenvalue weighted by Gasteiger charge is 2.05. The number of rotatable bonds is 10. The zero-order valence-electron chi connectivity index (χ0n) is 13.5. The SMILES string of the molecule is CC(C)CCCCC(C)CCOc1ccc(C(=O)O)cc1. The van der Waals surface area contributed by atoms with Crippen molar-refractivity contribution in [2.24, 2.45) is 11.8 Å². The first-order valence-electron chi connectivity index (χ1n) is 7.95. The number of ether oxygens (including phenoxy) is 1. The molecule has 0 saturated carbocycles. The van der Waals surface area contributed by atoms with Gasteiger partial charge in [0.15, 0.2) is 0 Å². The molecule has 0 aromatic heterocycles. The standard InChI is InChI=1S/C18H28O3/c1-14(2)6-4-5-7-15(3)12-13-21-17-10-8-16(9-11-17)18(19)20/h8-11,14-15H,4-7,12-13H2,1-3H3,(H,19,20). The Balaban J connectivity index is 2.16. The second kappa shape index (κ2) is 9.43. The first-order valence-corrected chi connectivity index (χ1v) is 7.95. The summed E-state index contributed by atoms with van der Waals surface area (Å²) in [4.78, 5) is 10.7. The molecule has 0 heterocycles. The number of carboxylic acids is 1. The lowest BCUT2D eigenvalue weighted by atomic mass is 9.98. The average Bonchev–Trinajstić information content (AvgIpc) is 2.44. The van der Waals surface area contributed by atoms with Crippen molar-refractivity contribution in [3.8, 4) is 5.75 Å². The number of carboxylic acid groups (broad SMARTS) is 1. The van der Waals surface area contributed by atoms with Crippen LogP contribution in [0, 0.1) is 11.8 Å². The molecule has 1 N–H and O–H groups in total. The number of aromatic carboxylic acids is 1. The van der Waals surface area contributed by atoms with E-state index >= 15 is 0 Å². The fraction of sp³-hybridized carbons (Fsp3) is 0.611. The molecule has 0 aliphatic carbocycles.